The first-order chi connectivity index (χ1) is 10.1. The van der Waals surface area contributed by atoms with E-state index in [2.05, 4.69) is 15.9 Å². The summed E-state index contributed by atoms with van der Waals surface area (Å²) < 4.78 is 5.72. The van der Waals surface area contributed by atoms with Gasteiger partial charge in [0.25, 0.3) is 0 Å². The zero-order chi connectivity index (χ0) is 15.2. The van der Waals surface area contributed by atoms with E-state index in [1.807, 2.05) is 12.1 Å². The quantitative estimate of drug-likeness (QED) is 0.587. The van der Waals surface area contributed by atoms with Gasteiger partial charge in [-0.2, -0.15) is 0 Å². The molecule has 0 radical (unpaired) electrons. The first-order valence-corrected chi connectivity index (χ1v) is 8.52. The molecule has 1 heterocycles. The fraction of sp³-hybridized carbons (Fsp3) is 0.467. The molecule has 0 bridgehead atoms. The number of esters is 1. The molecule has 1 amide bonds. The van der Waals surface area contributed by atoms with Gasteiger partial charge in [0.15, 0.2) is 0 Å². The first-order valence-electron chi connectivity index (χ1n) is 6.91. The maximum Gasteiger partial charge on any atom is 0.325 e. The van der Waals surface area contributed by atoms with Gasteiger partial charge in [-0.3, -0.25) is 9.59 Å². The van der Waals surface area contributed by atoms with Gasteiger partial charge in [0.2, 0.25) is 5.91 Å². The summed E-state index contributed by atoms with van der Waals surface area (Å²) in [7, 11) is 1.35. The van der Waals surface area contributed by atoms with Gasteiger partial charge in [-0.25, -0.2) is 0 Å². The molecule has 6 heteroatoms. The van der Waals surface area contributed by atoms with Crippen molar-refractivity contribution in [1.29, 1.82) is 0 Å². The highest BCUT2D eigenvalue weighted by atomic mass is 79.9. The minimum Gasteiger partial charge on any atom is -0.468 e. The molecule has 2 rings (SSSR count). The molecular weight excluding hydrogens is 354 g/mol. The Labute approximate surface area is 136 Å². The second-order valence-electron chi connectivity index (χ2n) is 4.96. The molecule has 114 valence electrons. The van der Waals surface area contributed by atoms with Crippen molar-refractivity contribution in [3.05, 3.63) is 26.9 Å². The van der Waals surface area contributed by atoms with Crippen LogP contribution in [0.4, 0.5) is 0 Å². The smallest absolute Gasteiger partial charge is 0.325 e. The minimum atomic E-state index is -0.373. The minimum absolute atomic E-state index is 0.0263. The Morgan fingerprint density at radius 3 is 2.71 bits per heavy atom. The van der Waals surface area contributed by atoms with Crippen LogP contribution in [-0.4, -0.2) is 36.5 Å². The zero-order valence-electron chi connectivity index (χ0n) is 11.9. The Morgan fingerprint density at radius 2 is 2.14 bits per heavy atom. The summed E-state index contributed by atoms with van der Waals surface area (Å²) in [6.45, 7) is 0.0263. The number of ether oxygens (including phenoxy) is 1. The third-order valence-corrected chi connectivity index (χ3v) is 5.15. The van der Waals surface area contributed by atoms with Crippen LogP contribution in [0, 0.1) is 0 Å². The molecule has 0 spiro atoms. The number of methoxy groups -OCH3 is 1. The number of thiophene rings is 1. The summed E-state index contributed by atoms with van der Waals surface area (Å²) in [6, 6.07) is 4.04. The van der Waals surface area contributed by atoms with E-state index >= 15 is 0 Å². The summed E-state index contributed by atoms with van der Waals surface area (Å²) in [5, 5.41) is 0. The van der Waals surface area contributed by atoms with Crippen molar-refractivity contribution in [2.75, 3.05) is 13.7 Å². The number of amides is 1. The molecule has 1 aliphatic rings. The number of halogens is 1. The highest BCUT2D eigenvalue weighted by Gasteiger charge is 2.27. The lowest BCUT2D eigenvalue weighted by molar-refractivity contribution is -0.146. The van der Waals surface area contributed by atoms with Crippen molar-refractivity contribution in [3.8, 4) is 0 Å². The van der Waals surface area contributed by atoms with Crippen LogP contribution >= 0.6 is 27.3 Å². The average Bonchev–Trinajstić information content (AvgIpc) is 3.13. The normalized spacial score (nSPS) is 15.5. The molecule has 4 nitrogen and oxygen atoms in total. The largest absolute Gasteiger partial charge is 0.468 e. The standard InChI is InChI=1S/C15H18BrNO3S/c1-20-15(19)10-17(11-4-2-3-5-11)14(18)9-7-12-6-8-13(16)21-12/h6-9,11H,2-5,10H2,1H3/b9-7+. The molecule has 21 heavy (non-hydrogen) atoms. The van der Waals surface area contributed by atoms with Gasteiger partial charge in [0, 0.05) is 17.0 Å². The van der Waals surface area contributed by atoms with Gasteiger partial charge in [-0.05, 0) is 47.0 Å². The second-order valence-corrected chi connectivity index (χ2v) is 7.45. The number of carbonyl (C=O) groups is 2. The summed E-state index contributed by atoms with van der Waals surface area (Å²) in [5.74, 6) is -0.501. The number of rotatable bonds is 5. The van der Waals surface area contributed by atoms with Crippen LogP contribution in [0.2, 0.25) is 0 Å². The van der Waals surface area contributed by atoms with Crippen molar-refractivity contribution in [2.45, 2.75) is 31.7 Å². The lowest BCUT2D eigenvalue weighted by Crippen LogP contribution is -2.41. The molecular formula is C15H18BrNO3S. The van der Waals surface area contributed by atoms with Crippen molar-refractivity contribution in [1.82, 2.24) is 4.90 Å². The highest BCUT2D eigenvalue weighted by Crippen LogP contribution is 2.25. The molecule has 1 saturated carbocycles. The highest BCUT2D eigenvalue weighted by molar-refractivity contribution is 9.11. The van der Waals surface area contributed by atoms with Crippen LogP contribution in [0.5, 0.6) is 0 Å². The molecule has 1 aromatic heterocycles. The predicted molar refractivity (Wildman–Crippen MR) is 87.0 cm³/mol. The Morgan fingerprint density at radius 1 is 1.43 bits per heavy atom. The lowest BCUT2D eigenvalue weighted by Gasteiger charge is -2.26. The third-order valence-electron chi connectivity index (χ3n) is 3.56. The number of nitrogens with zero attached hydrogens (tertiary/aromatic N) is 1. The molecule has 1 aromatic rings. The summed E-state index contributed by atoms with van der Waals surface area (Å²) in [6.07, 6.45) is 7.47. The molecule has 0 atom stereocenters. The molecule has 0 unspecified atom stereocenters. The van der Waals surface area contributed by atoms with Crippen LogP contribution in [-0.2, 0) is 14.3 Å². The molecule has 1 aliphatic carbocycles. The fourth-order valence-corrected chi connectivity index (χ4v) is 3.80. The molecule has 0 aliphatic heterocycles. The van der Waals surface area contributed by atoms with Crippen LogP contribution in [0.15, 0.2) is 22.0 Å². The summed E-state index contributed by atoms with van der Waals surface area (Å²) >= 11 is 4.95. The predicted octanol–water partition coefficient (Wildman–Crippen LogP) is 3.47. The third kappa shape index (κ3) is 4.68. The Balaban J connectivity index is 2.05. The maximum atomic E-state index is 12.4. The summed E-state index contributed by atoms with van der Waals surface area (Å²) in [4.78, 5) is 26.5. The van der Waals surface area contributed by atoms with E-state index in [-0.39, 0.29) is 24.5 Å². The van der Waals surface area contributed by atoms with E-state index in [0.29, 0.717) is 0 Å². The Hall–Kier alpha value is -1.14. The zero-order valence-corrected chi connectivity index (χ0v) is 14.3. The molecule has 1 fully saturated rings. The number of carbonyl (C=O) groups excluding carboxylic acids is 2. The SMILES string of the molecule is COC(=O)CN(C(=O)/C=C/c1ccc(Br)s1)C1CCCC1. The average molecular weight is 372 g/mol. The van der Waals surface area contributed by atoms with Gasteiger partial charge >= 0.3 is 5.97 Å². The number of hydrogen-bond acceptors (Lipinski definition) is 4. The van der Waals surface area contributed by atoms with Gasteiger partial charge in [0.1, 0.15) is 6.54 Å². The van der Waals surface area contributed by atoms with E-state index in [0.717, 1.165) is 34.3 Å². The monoisotopic (exact) mass is 371 g/mol. The summed E-state index contributed by atoms with van der Waals surface area (Å²) in [5.41, 5.74) is 0. The lowest BCUT2D eigenvalue weighted by atomic mass is 10.2. The molecule has 0 saturated heterocycles. The van der Waals surface area contributed by atoms with E-state index < -0.39 is 0 Å². The van der Waals surface area contributed by atoms with Crippen LogP contribution < -0.4 is 0 Å². The van der Waals surface area contributed by atoms with Crippen molar-refractivity contribution in [2.24, 2.45) is 0 Å². The molecule has 0 aromatic carbocycles. The van der Waals surface area contributed by atoms with Crippen molar-refractivity contribution in [3.63, 3.8) is 0 Å². The van der Waals surface area contributed by atoms with Crippen molar-refractivity contribution < 1.29 is 14.3 Å². The van der Waals surface area contributed by atoms with Crippen molar-refractivity contribution >= 4 is 45.2 Å². The van der Waals surface area contributed by atoms with Crippen LogP contribution in [0.1, 0.15) is 30.6 Å². The second kappa shape index (κ2) is 7.75. The topological polar surface area (TPSA) is 46.6 Å². The Kier molecular flexibility index (Phi) is 5.99. The van der Waals surface area contributed by atoms with E-state index in [1.165, 1.54) is 7.11 Å². The maximum absolute atomic E-state index is 12.4. The van der Waals surface area contributed by atoms with Gasteiger partial charge in [-0.15, -0.1) is 11.3 Å². The Bertz CT molecular complexity index is 535. The van der Waals surface area contributed by atoms with Gasteiger partial charge < -0.3 is 9.64 Å². The molecule has 0 N–H and O–H groups in total. The van der Waals surface area contributed by atoms with E-state index in [1.54, 1.807) is 28.4 Å². The fourth-order valence-electron chi connectivity index (χ4n) is 2.47. The van der Waals surface area contributed by atoms with E-state index in [9.17, 15) is 9.59 Å². The van der Waals surface area contributed by atoms with Gasteiger partial charge in [-0.1, -0.05) is 12.8 Å². The van der Waals surface area contributed by atoms with E-state index in [4.69, 9.17) is 4.74 Å². The van der Waals surface area contributed by atoms with Crippen LogP contribution in [0.25, 0.3) is 6.08 Å². The number of hydrogen-bond donors (Lipinski definition) is 0. The first kappa shape index (κ1) is 16.2. The van der Waals surface area contributed by atoms with Gasteiger partial charge in [0.05, 0.1) is 10.9 Å². The van der Waals surface area contributed by atoms with Crippen LogP contribution in [0.3, 0.4) is 0 Å².